The summed E-state index contributed by atoms with van der Waals surface area (Å²) in [7, 11) is 0. The first-order valence-corrected chi connectivity index (χ1v) is 16.4. The van der Waals surface area contributed by atoms with Crippen LogP contribution in [0.25, 0.3) is 64.0 Å². The predicted molar refractivity (Wildman–Crippen MR) is 198 cm³/mol. The summed E-state index contributed by atoms with van der Waals surface area (Å²) in [5.41, 5.74) is 8.11. The number of anilines is 3. The molecule has 0 spiro atoms. The zero-order valence-corrected chi connectivity index (χ0v) is 25.8. The molecule has 0 aliphatic carbocycles. The van der Waals surface area contributed by atoms with Gasteiger partial charge in [0.15, 0.2) is 0 Å². The summed E-state index contributed by atoms with van der Waals surface area (Å²) in [5.74, 6) is 0. The summed E-state index contributed by atoms with van der Waals surface area (Å²) in [6.45, 7) is 0. The van der Waals surface area contributed by atoms with Gasteiger partial charge in [0.25, 0.3) is 0 Å². The van der Waals surface area contributed by atoms with Crippen molar-refractivity contribution in [1.29, 1.82) is 0 Å². The van der Waals surface area contributed by atoms with Gasteiger partial charge in [-0.05, 0) is 80.2 Å². The molecule has 0 N–H and O–H groups in total. The first kappa shape index (κ1) is 26.6. The third-order valence-electron chi connectivity index (χ3n) is 8.95. The highest BCUT2D eigenvalue weighted by Gasteiger charge is 2.19. The summed E-state index contributed by atoms with van der Waals surface area (Å²) < 4.78 is 2.50. The van der Waals surface area contributed by atoms with E-state index in [0.29, 0.717) is 0 Å². The van der Waals surface area contributed by atoms with Crippen LogP contribution in [-0.4, -0.2) is 4.98 Å². The van der Waals surface area contributed by atoms with Crippen LogP contribution in [0.5, 0.6) is 0 Å². The van der Waals surface area contributed by atoms with Gasteiger partial charge in [0.2, 0.25) is 0 Å². The molecule has 0 radical (unpaired) electrons. The SMILES string of the molecule is c1ccc(-c2ccc(N(c3ccc(-c4cc5ccccc5c5ccccc45)cc3)c3cncc4c3sc3ccccc34)cc2)cc1. The number of thiophene rings is 1. The maximum Gasteiger partial charge on any atom is 0.0824 e. The Morgan fingerprint density at radius 1 is 0.435 bits per heavy atom. The van der Waals surface area contributed by atoms with Crippen LogP contribution in [0.1, 0.15) is 0 Å². The van der Waals surface area contributed by atoms with Crippen LogP contribution in [0.15, 0.2) is 170 Å². The van der Waals surface area contributed by atoms with Crippen molar-refractivity contribution < 1.29 is 0 Å². The minimum Gasteiger partial charge on any atom is -0.308 e. The standard InChI is InChI=1S/C43H28N2S/c1-2-10-29(11-3-1)30-18-22-33(23-19-30)45(41-28-44-27-40-38-16-8-9-17-42(38)46-43(40)41)34-24-20-31(21-25-34)39-26-32-12-4-5-13-35(32)36-14-6-7-15-37(36)39/h1-28H. The van der Waals surface area contributed by atoms with E-state index in [0.717, 1.165) is 17.1 Å². The van der Waals surface area contributed by atoms with E-state index in [4.69, 9.17) is 4.98 Å². The summed E-state index contributed by atoms with van der Waals surface area (Å²) in [6.07, 6.45) is 4.01. The minimum atomic E-state index is 1.08. The van der Waals surface area contributed by atoms with Gasteiger partial charge < -0.3 is 4.90 Å². The van der Waals surface area contributed by atoms with Crippen LogP contribution in [0, 0.1) is 0 Å². The molecule has 216 valence electrons. The second kappa shape index (κ2) is 11.0. The fourth-order valence-corrected chi connectivity index (χ4v) is 7.90. The van der Waals surface area contributed by atoms with Crippen molar-refractivity contribution in [2.45, 2.75) is 0 Å². The summed E-state index contributed by atoms with van der Waals surface area (Å²) in [4.78, 5) is 7.11. The van der Waals surface area contributed by atoms with Gasteiger partial charge in [0, 0.05) is 33.0 Å². The van der Waals surface area contributed by atoms with Crippen molar-refractivity contribution in [2.24, 2.45) is 0 Å². The fraction of sp³-hybridized carbons (Fsp3) is 0. The van der Waals surface area contributed by atoms with E-state index in [1.54, 1.807) is 0 Å². The van der Waals surface area contributed by atoms with E-state index in [1.807, 2.05) is 23.7 Å². The quantitative estimate of drug-likeness (QED) is 0.182. The number of hydrogen-bond acceptors (Lipinski definition) is 3. The van der Waals surface area contributed by atoms with Gasteiger partial charge in [0.05, 0.1) is 16.6 Å². The van der Waals surface area contributed by atoms with Gasteiger partial charge in [0.1, 0.15) is 0 Å². The lowest BCUT2D eigenvalue weighted by Crippen LogP contribution is -2.10. The van der Waals surface area contributed by atoms with Crippen molar-refractivity contribution in [3.05, 3.63) is 170 Å². The van der Waals surface area contributed by atoms with Gasteiger partial charge in [-0.15, -0.1) is 11.3 Å². The van der Waals surface area contributed by atoms with Gasteiger partial charge in [-0.3, -0.25) is 4.98 Å². The molecule has 0 atom stereocenters. The molecule has 46 heavy (non-hydrogen) atoms. The Labute approximate surface area is 271 Å². The first-order chi connectivity index (χ1) is 22.8. The van der Waals surface area contributed by atoms with Crippen LogP contribution in [-0.2, 0) is 0 Å². The zero-order chi connectivity index (χ0) is 30.5. The maximum absolute atomic E-state index is 4.77. The lowest BCUT2D eigenvalue weighted by Gasteiger charge is -2.26. The third kappa shape index (κ3) is 4.44. The maximum atomic E-state index is 4.77. The Hall–Kier alpha value is -5.77. The predicted octanol–water partition coefficient (Wildman–Crippen LogP) is 12.6. The third-order valence-corrected chi connectivity index (χ3v) is 10.2. The number of pyridine rings is 1. The summed E-state index contributed by atoms with van der Waals surface area (Å²) >= 11 is 1.83. The summed E-state index contributed by atoms with van der Waals surface area (Å²) in [5, 5.41) is 7.51. The van der Waals surface area contributed by atoms with Crippen molar-refractivity contribution >= 4 is 70.1 Å². The Morgan fingerprint density at radius 3 is 1.78 bits per heavy atom. The topological polar surface area (TPSA) is 16.1 Å². The molecular formula is C43H28N2S. The van der Waals surface area contributed by atoms with E-state index >= 15 is 0 Å². The van der Waals surface area contributed by atoms with Gasteiger partial charge in [-0.25, -0.2) is 0 Å². The molecule has 0 aliphatic rings. The average Bonchev–Trinajstić information content (AvgIpc) is 3.52. The van der Waals surface area contributed by atoms with Crippen LogP contribution in [0.3, 0.4) is 0 Å². The summed E-state index contributed by atoms with van der Waals surface area (Å²) in [6, 6.07) is 56.8. The molecule has 2 heterocycles. The lowest BCUT2D eigenvalue weighted by atomic mass is 9.93. The Morgan fingerprint density at radius 2 is 1.02 bits per heavy atom. The van der Waals surface area contributed by atoms with Crippen LogP contribution >= 0.6 is 11.3 Å². The molecule has 3 heteroatoms. The fourth-order valence-electron chi connectivity index (χ4n) is 6.73. The molecule has 2 nitrogen and oxygen atoms in total. The molecule has 0 aliphatic heterocycles. The van der Waals surface area contributed by atoms with E-state index in [1.165, 1.54) is 64.0 Å². The minimum absolute atomic E-state index is 1.08. The van der Waals surface area contributed by atoms with Gasteiger partial charge in [-0.1, -0.05) is 121 Å². The second-order valence-electron chi connectivity index (χ2n) is 11.6. The second-order valence-corrected chi connectivity index (χ2v) is 12.7. The molecule has 7 aromatic carbocycles. The number of rotatable bonds is 5. The number of fused-ring (bicyclic) bond motifs is 6. The zero-order valence-electron chi connectivity index (χ0n) is 25.0. The number of benzene rings is 7. The molecule has 0 unspecified atom stereocenters. The number of hydrogen-bond donors (Lipinski definition) is 0. The van der Waals surface area contributed by atoms with Gasteiger partial charge >= 0.3 is 0 Å². The van der Waals surface area contributed by atoms with Crippen LogP contribution in [0.4, 0.5) is 17.1 Å². The van der Waals surface area contributed by atoms with E-state index < -0.39 is 0 Å². The molecule has 0 bridgehead atoms. The smallest absolute Gasteiger partial charge is 0.0824 e. The van der Waals surface area contributed by atoms with Crippen molar-refractivity contribution in [2.75, 3.05) is 4.90 Å². The highest BCUT2D eigenvalue weighted by molar-refractivity contribution is 7.26. The van der Waals surface area contributed by atoms with E-state index in [2.05, 4.69) is 163 Å². The van der Waals surface area contributed by atoms with Crippen molar-refractivity contribution in [1.82, 2.24) is 4.98 Å². The Balaban J connectivity index is 1.21. The highest BCUT2D eigenvalue weighted by Crippen LogP contribution is 2.45. The molecule has 9 rings (SSSR count). The normalized spacial score (nSPS) is 11.5. The highest BCUT2D eigenvalue weighted by atomic mass is 32.1. The van der Waals surface area contributed by atoms with Crippen molar-refractivity contribution in [3.8, 4) is 22.3 Å². The lowest BCUT2D eigenvalue weighted by molar-refractivity contribution is 1.26. The molecule has 0 saturated heterocycles. The van der Waals surface area contributed by atoms with Gasteiger partial charge in [-0.2, -0.15) is 0 Å². The average molecular weight is 605 g/mol. The first-order valence-electron chi connectivity index (χ1n) is 15.5. The van der Waals surface area contributed by atoms with E-state index in [9.17, 15) is 0 Å². The number of aromatic nitrogens is 1. The molecule has 0 saturated carbocycles. The largest absolute Gasteiger partial charge is 0.308 e. The molecular weight excluding hydrogens is 577 g/mol. The molecule has 0 fully saturated rings. The monoisotopic (exact) mass is 604 g/mol. The van der Waals surface area contributed by atoms with Crippen LogP contribution < -0.4 is 4.90 Å². The van der Waals surface area contributed by atoms with E-state index in [-0.39, 0.29) is 0 Å². The number of nitrogens with zero attached hydrogens (tertiary/aromatic N) is 2. The molecule has 2 aromatic heterocycles. The molecule has 9 aromatic rings. The Kier molecular flexibility index (Phi) is 6.36. The van der Waals surface area contributed by atoms with Crippen molar-refractivity contribution in [3.63, 3.8) is 0 Å². The Bertz CT molecular complexity index is 2510. The van der Waals surface area contributed by atoms with Crippen LogP contribution in [0.2, 0.25) is 0 Å². The molecule has 0 amide bonds.